The van der Waals surface area contributed by atoms with Crippen molar-refractivity contribution < 1.29 is 40.6 Å². The molecule has 1 heterocycles. The molecule has 0 radical (unpaired) electrons. The van der Waals surface area contributed by atoms with Crippen molar-refractivity contribution in [1.82, 2.24) is 10.2 Å². The maximum Gasteiger partial charge on any atom is 0.416 e. The van der Waals surface area contributed by atoms with Crippen LogP contribution in [0, 0.1) is 17.2 Å². The van der Waals surface area contributed by atoms with Crippen LogP contribution >= 0.6 is 0 Å². The van der Waals surface area contributed by atoms with Gasteiger partial charge in [-0.25, -0.2) is 9.18 Å². The van der Waals surface area contributed by atoms with Gasteiger partial charge in [-0.05, 0) is 79.7 Å². The molecule has 4 rings (SSSR count). The molecule has 0 spiro atoms. The lowest BCUT2D eigenvalue weighted by molar-refractivity contribution is -0.143. The molecule has 2 aromatic carbocycles. The molecule has 1 aliphatic heterocycles. The van der Waals surface area contributed by atoms with Crippen LogP contribution in [-0.2, 0) is 25.4 Å². The molecule has 1 saturated heterocycles. The van der Waals surface area contributed by atoms with E-state index in [0.717, 1.165) is 37.5 Å². The van der Waals surface area contributed by atoms with E-state index in [1.807, 2.05) is 0 Å². The first-order chi connectivity index (χ1) is 18.2. The van der Waals surface area contributed by atoms with Crippen LogP contribution in [0.2, 0.25) is 0 Å². The lowest BCUT2D eigenvalue weighted by Gasteiger charge is -2.44. The van der Waals surface area contributed by atoms with Crippen molar-refractivity contribution in [2.75, 3.05) is 13.1 Å². The van der Waals surface area contributed by atoms with Crippen molar-refractivity contribution in [2.45, 2.75) is 57.5 Å². The highest BCUT2D eigenvalue weighted by Crippen LogP contribution is 2.49. The number of aromatic carboxylic acids is 1. The van der Waals surface area contributed by atoms with Crippen molar-refractivity contribution in [3.63, 3.8) is 0 Å². The number of allylic oxidation sites excluding steroid dienone is 1. The van der Waals surface area contributed by atoms with Gasteiger partial charge in [-0.2, -0.15) is 26.3 Å². The van der Waals surface area contributed by atoms with E-state index in [-0.39, 0.29) is 23.6 Å². The summed E-state index contributed by atoms with van der Waals surface area (Å²) in [7, 11) is 0. The number of benzene rings is 2. The summed E-state index contributed by atoms with van der Waals surface area (Å²) in [5, 5.41) is 12.2. The Hall–Kier alpha value is -3.08. The number of carboxylic acid groups (broad SMARTS) is 1. The average Bonchev–Trinajstić information content (AvgIpc) is 3.67. The highest BCUT2D eigenvalue weighted by molar-refractivity contribution is 5.88. The molecule has 0 aromatic heterocycles. The van der Waals surface area contributed by atoms with Gasteiger partial charge in [-0.1, -0.05) is 25.5 Å². The number of alkyl halides is 6. The molecule has 2 aliphatic rings. The van der Waals surface area contributed by atoms with Gasteiger partial charge < -0.3 is 10.4 Å². The van der Waals surface area contributed by atoms with Gasteiger partial charge in [0.25, 0.3) is 0 Å². The zero-order valence-corrected chi connectivity index (χ0v) is 21.1. The smallest absolute Gasteiger partial charge is 0.416 e. The molecule has 0 bridgehead atoms. The molecule has 0 atom stereocenters. The van der Waals surface area contributed by atoms with Crippen molar-refractivity contribution in [3.8, 4) is 0 Å². The topological polar surface area (TPSA) is 52.6 Å². The summed E-state index contributed by atoms with van der Waals surface area (Å²) < 4.78 is 93.3. The van der Waals surface area contributed by atoms with E-state index in [9.17, 15) is 40.6 Å². The van der Waals surface area contributed by atoms with Crippen molar-refractivity contribution in [1.29, 1.82) is 0 Å². The van der Waals surface area contributed by atoms with E-state index in [1.54, 1.807) is 6.07 Å². The molecule has 0 unspecified atom stereocenters. The van der Waals surface area contributed by atoms with E-state index in [0.29, 0.717) is 49.7 Å². The van der Waals surface area contributed by atoms with E-state index in [2.05, 4.69) is 16.8 Å². The standard InChI is InChI=1S/C28H29F7N2O2/c1-17(36-15-20-10-21(27(30,31)32)13-22(11-20)28(33,34)35)26(14-18-2-3-18)6-8-37(9-7-26)16-19-4-5-24(29)23(12-19)25(38)39/h4-5,10-13,18,36H,1-3,6-9,14-16H2,(H,38,39). The maximum atomic E-state index is 13.8. The van der Waals surface area contributed by atoms with E-state index >= 15 is 0 Å². The number of halogens is 7. The van der Waals surface area contributed by atoms with Crippen LogP contribution in [0.4, 0.5) is 30.7 Å². The minimum atomic E-state index is -4.91. The molecular weight excluding hydrogens is 529 g/mol. The molecular formula is C28H29F7N2O2. The SMILES string of the molecule is C=C(NCc1cc(C(F)(F)F)cc(C(F)(F)F)c1)C1(CC2CC2)CCN(Cc2ccc(F)c(C(=O)O)c2)CC1. The van der Waals surface area contributed by atoms with Crippen LogP contribution in [0.1, 0.15) is 64.7 Å². The average molecular weight is 559 g/mol. The number of likely N-dealkylation sites (tertiary alicyclic amines) is 1. The summed E-state index contributed by atoms with van der Waals surface area (Å²) >= 11 is 0. The number of rotatable bonds is 9. The number of nitrogens with one attached hydrogen (secondary N) is 1. The Balaban J connectivity index is 1.45. The van der Waals surface area contributed by atoms with Crippen LogP contribution in [0.5, 0.6) is 0 Å². The van der Waals surface area contributed by atoms with Crippen molar-refractivity contribution in [2.24, 2.45) is 11.3 Å². The Labute approximate surface area is 221 Å². The van der Waals surface area contributed by atoms with E-state index in [4.69, 9.17) is 0 Å². The highest BCUT2D eigenvalue weighted by atomic mass is 19.4. The normalized spacial score (nSPS) is 18.1. The highest BCUT2D eigenvalue weighted by Gasteiger charge is 2.42. The first-order valence-electron chi connectivity index (χ1n) is 12.6. The fourth-order valence-corrected chi connectivity index (χ4v) is 5.25. The van der Waals surface area contributed by atoms with Gasteiger partial charge >= 0.3 is 18.3 Å². The van der Waals surface area contributed by atoms with E-state index < -0.39 is 40.8 Å². The van der Waals surface area contributed by atoms with Crippen LogP contribution in [0.15, 0.2) is 48.7 Å². The quantitative estimate of drug-likeness (QED) is 0.319. The number of hydrogen-bond acceptors (Lipinski definition) is 3. The van der Waals surface area contributed by atoms with Crippen LogP contribution in [0.25, 0.3) is 0 Å². The van der Waals surface area contributed by atoms with Crippen LogP contribution in [-0.4, -0.2) is 29.1 Å². The predicted octanol–water partition coefficient (Wildman–Crippen LogP) is 7.25. The van der Waals surface area contributed by atoms with Gasteiger partial charge in [-0.3, -0.25) is 4.90 Å². The lowest BCUT2D eigenvalue weighted by atomic mass is 9.72. The molecule has 2 fully saturated rings. The fraction of sp³-hybridized carbons (Fsp3) is 0.464. The minimum absolute atomic E-state index is 0.114. The zero-order valence-electron chi connectivity index (χ0n) is 21.1. The van der Waals surface area contributed by atoms with Gasteiger partial charge in [0.05, 0.1) is 16.7 Å². The first-order valence-corrected chi connectivity index (χ1v) is 12.6. The second-order valence-corrected chi connectivity index (χ2v) is 10.6. The largest absolute Gasteiger partial charge is 0.478 e. The predicted molar refractivity (Wildman–Crippen MR) is 130 cm³/mol. The Kier molecular flexibility index (Phi) is 8.03. The number of carboxylic acids is 1. The Morgan fingerprint density at radius 2 is 1.56 bits per heavy atom. The second-order valence-electron chi connectivity index (χ2n) is 10.6. The molecule has 1 saturated carbocycles. The van der Waals surface area contributed by atoms with E-state index in [1.165, 1.54) is 6.07 Å². The molecule has 4 nitrogen and oxygen atoms in total. The zero-order chi connectivity index (χ0) is 28.6. The maximum absolute atomic E-state index is 13.8. The third-order valence-corrected chi connectivity index (χ3v) is 7.65. The molecule has 2 aromatic rings. The minimum Gasteiger partial charge on any atom is -0.478 e. The number of hydrogen-bond donors (Lipinski definition) is 2. The van der Waals surface area contributed by atoms with Crippen molar-refractivity contribution in [3.05, 3.63) is 82.3 Å². The van der Waals surface area contributed by atoms with Gasteiger partial charge in [0.2, 0.25) is 0 Å². The molecule has 0 amide bonds. The van der Waals surface area contributed by atoms with Crippen LogP contribution in [0.3, 0.4) is 0 Å². The molecule has 11 heteroatoms. The summed E-state index contributed by atoms with van der Waals surface area (Å²) in [6, 6.07) is 5.54. The molecule has 39 heavy (non-hydrogen) atoms. The third kappa shape index (κ3) is 7.12. The Morgan fingerprint density at radius 1 is 0.974 bits per heavy atom. The summed E-state index contributed by atoms with van der Waals surface area (Å²) in [5.41, 5.74) is -2.36. The van der Waals surface area contributed by atoms with Gasteiger partial charge in [0.15, 0.2) is 0 Å². The first kappa shape index (κ1) is 28.9. The van der Waals surface area contributed by atoms with Crippen molar-refractivity contribution >= 4 is 5.97 Å². The lowest BCUT2D eigenvalue weighted by Crippen LogP contribution is -2.43. The third-order valence-electron chi connectivity index (χ3n) is 7.65. The van der Waals surface area contributed by atoms with Gasteiger partial charge in [-0.15, -0.1) is 0 Å². The fourth-order valence-electron chi connectivity index (χ4n) is 5.25. The Morgan fingerprint density at radius 3 is 2.08 bits per heavy atom. The second kappa shape index (κ2) is 10.8. The van der Waals surface area contributed by atoms with Gasteiger partial charge in [0, 0.05) is 24.2 Å². The molecule has 2 N–H and O–H groups in total. The summed E-state index contributed by atoms with van der Waals surface area (Å²) in [6.07, 6.45) is -5.55. The van der Waals surface area contributed by atoms with Crippen LogP contribution < -0.4 is 5.32 Å². The monoisotopic (exact) mass is 558 g/mol. The summed E-state index contributed by atoms with van der Waals surface area (Å²) in [5.74, 6) is -1.66. The van der Waals surface area contributed by atoms with Gasteiger partial charge in [0.1, 0.15) is 5.82 Å². The molecule has 1 aliphatic carbocycles. The Bertz CT molecular complexity index is 1200. The number of carbonyl (C=O) groups is 1. The number of nitrogens with zero attached hydrogens (tertiary/aromatic N) is 1. The summed E-state index contributed by atoms with van der Waals surface area (Å²) in [4.78, 5) is 13.4. The number of piperidine rings is 1. The summed E-state index contributed by atoms with van der Waals surface area (Å²) in [6.45, 7) is 5.59. The molecule has 212 valence electrons.